The summed E-state index contributed by atoms with van der Waals surface area (Å²) in [4.78, 5) is 4.19. The van der Waals surface area contributed by atoms with E-state index in [9.17, 15) is 5.11 Å². The fraction of sp³-hybridized carbons (Fsp3) is 0.222. The van der Waals surface area contributed by atoms with E-state index in [2.05, 4.69) is 26.3 Å². The van der Waals surface area contributed by atoms with Crippen molar-refractivity contribution >= 4 is 33.1 Å². The molecular formula is C9H9BrClN3O. The quantitative estimate of drug-likeness (QED) is 0.777. The standard InChI is InChI=1S/C9H9BrClN3O/c1-14-4-5(3-12-14)8-6(11)2-7(15)9(10)13-8/h2,4,12,15H,3H2,1H3. The number of halogens is 2. The molecule has 1 aliphatic rings. The van der Waals surface area contributed by atoms with Gasteiger partial charge in [-0.1, -0.05) is 11.6 Å². The van der Waals surface area contributed by atoms with Crippen LogP contribution in [0.2, 0.25) is 5.02 Å². The van der Waals surface area contributed by atoms with Crippen molar-refractivity contribution in [1.29, 1.82) is 0 Å². The number of aromatic hydroxyl groups is 1. The molecule has 0 bridgehead atoms. The number of hydrazine groups is 1. The fourth-order valence-electron chi connectivity index (χ4n) is 1.36. The Balaban J connectivity index is 2.45. The van der Waals surface area contributed by atoms with Crippen LogP contribution in [0.4, 0.5) is 0 Å². The number of pyridine rings is 1. The highest BCUT2D eigenvalue weighted by Crippen LogP contribution is 2.31. The van der Waals surface area contributed by atoms with E-state index in [-0.39, 0.29) is 5.75 Å². The van der Waals surface area contributed by atoms with Gasteiger partial charge in [0.15, 0.2) is 0 Å². The average Bonchev–Trinajstić information content (AvgIpc) is 2.58. The molecule has 6 heteroatoms. The zero-order valence-corrected chi connectivity index (χ0v) is 10.3. The lowest BCUT2D eigenvalue weighted by atomic mass is 10.2. The lowest BCUT2D eigenvalue weighted by molar-refractivity contribution is 0.374. The summed E-state index contributed by atoms with van der Waals surface area (Å²) in [5.41, 5.74) is 4.76. The van der Waals surface area contributed by atoms with Crippen LogP contribution in [0.25, 0.3) is 5.57 Å². The summed E-state index contributed by atoms with van der Waals surface area (Å²) in [6, 6.07) is 1.48. The minimum absolute atomic E-state index is 0.0451. The lowest BCUT2D eigenvalue weighted by Gasteiger charge is -2.05. The van der Waals surface area contributed by atoms with Gasteiger partial charge in [0.2, 0.25) is 0 Å². The predicted molar refractivity (Wildman–Crippen MR) is 62.4 cm³/mol. The normalized spacial score (nSPS) is 15.7. The monoisotopic (exact) mass is 289 g/mol. The Kier molecular flexibility index (Phi) is 2.86. The molecule has 0 fully saturated rings. The first-order chi connectivity index (χ1) is 7.08. The predicted octanol–water partition coefficient (Wildman–Crippen LogP) is 1.99. The molecule has 1 aromatic heterocycles. The van der Waals surface area contributed by atoms with E-state index >= 15 is 0 Å². The van der Waals surface area contributed by atoms with Crippen molar-refractivity contribution in [2.45, 2.75) is 0 Å². The second-order valence-corrected chi connectivity index (χ2v) is 4.39. The average molecular weight is 291 g/mol. The largest absolute Gasteiger partial charge is 0.505 e. The van der Waals surface area contributed by atoms with Crippen LogP contribution in [0.3, 0.4) is 0 Å². The molecule has 0 radical (unpaired) electrons. The molecule has 0 saturated carbocycles. The van der Waals surface area contributed by atoms with Crippen LogP contribution in [0, 0.1) is 0 Å². The number of hydrogen-bond acceptors (Lipinski definition) is 4. The van der Waals surface area contributed by atoms with Crippen LogP contribution in [0.15, 0.2) is 16.9 Å². The van der Waals surface area contributed by atoms with E-state index in [0.717, 1.165) is 5.57 Å². The summed E-state index contributed by atoms with van der Waals surface area (Å²) >= 11 is 9.16. The van der Waals surface area contributed by atoms with E-state index in [1.807, 2.05) is 18.3 Å². The van der Waals surface area contributed by atoms with Crippen LogP contribution in [0.1, 0.15) is 5.69 Å². The highest BCUT2D eigenvalue weighted by Gasteiger charge is 2.16. The highest BCUT2D eigenvalue weighted by molar-refractivity contribution is 9.10. The van der Waals surface area contributed by atoms with Gasteiger partial charge in [0.25, 0.3) is 0 Å². The summed E-state index contributed by atoms with van der Waals surface area (Å²) in [6.45, 7) is 0.681. The molecule has 0 atom stereocenters. The molecule has 0 unspecified atom stereocenters. The molecular weight excluding hydrogens is 281 g/mol. The van der Waals surface area contributed by atoms with Gasteiger partial charge in [0, 0.05) is 31.4 Å². The second kappa shape index (κ2) is 4.00. The Morgan fingerprint density at radius 3 is 3.00 bits per heavy atom. The first-order valence-corrected chi connectivity index (χ1v) is 5.47. The van der Waals surface area contributed by atoms with Crippen molar-refractivity contribution in [3.63, 3.8) is 0 Å². The Morgan fingerprint density at radius 2 is 2.40 bits per heavy atom. The fourth-order valence-corrected chi connectivity index (χ4v) is 1.92. The van der Waals surface area contributed by atoms with Crippen LogP contribution in [0.5, 0.6) is 5.75 Å². The van der Waals surface area contributed by atoms with Gasteiger partial charge in [-0.3, -0.25) is 0 Å². The highest BCUT2D eigenvalue weighted by atomic mass is 79.9. The molecule has 0 saturated heterocycles. The summed E-state index contributed by atoms with van der Waals surface area (Å²) < 4.78 is 0.400. The van der Waals surface area contributed by atoms with Gasteiger partial charge in [-0.25, -0.2) is 10.4 Å². The topological polar surface area (TPSA) is 48.4 Å². The summed E-state index contributed by atoms with van der Waals surface area (Å²) in [5, 5.41) is 11.7. The maximum absolute atomic E-state index is 9.38. The molecule has 2 heterocycles. The van der Waals surface area contributed by atoms with Crippen molar-refractivity contribution in [1.82, 2.24) is 15.4 Å². The number of hydrogen-bond donors (Lipinski definition) is 2. The third-order valence-corrected chi connectivity index (χ3v) is 2.96. The SMILES string of the molecule is CN1C=C(c2nc(Br)c(O)cc2Cl)CN1. The molecule has 0 spiro atoms. The van der Waals surface area contributed by atoms with Gasteiger partial charge in [-0.05, 0) is 15.9 Å². The van der Waals surface area contributed by atoms with Crippen LogP contribution < -0.4 is 5.43 Å². The van der Waals surface area contributed by atoms with E-state index in [1.165, 1.54) is 6.07 Å². The summed E-state index contributed by atoms with van der Waals surface area (Å²) in [6.07, 6.45) is 1.91. The molecule has 4 nitrogen and oxygen atoms in total. The number of nitrogens with one attached hydrogen (secondary N) is 1. The van der Waals surface area contributed by atoms with Crippen LogP contribution >= 0.6 is 27.5 Å². The Labute approximate surface area is 101 Å². The first kappa shape index (κ1) is 10.7. The molecule has 0 amide bonds. The van der Waals surface area contributed by atoms with Crippen molar-refractivity contribution in [2.75, 3.05) is 13.6 Å². The van der Waals surface area contributed by atoms with E-state index in [0.29, 0.717) is 21.9 Å². The van der Waals surface area contributed by atoms with Gasteiger partial charge in [-0.2, -0.15) is 0 Å². The minimum Gasteiger partial charge on any atom is -0.505 e. The van der Waals surface area contributed by atoms with Crippen LogP contribution in [-0.4, -0.2) is 28.7 Å². The van der Waals surface area contributed by atoms with E-state index in [4.69, 9.17) is 11.6 Å². The smallest absolute Gasteiger partial charge is 0.149 e. The third-order valence-electron chi connectivity index (χ3n) is 2.08. The van der Waals surface area contributed by atoms with Gasteiger partial charge in [0.1, 0.15) is 10.4 Å². The van der Waals surface area contributed by atoms with Crippen molar-refractivity contribution < 1.29 is 5.11 Å². The maximum atomic E-state index is 9.38. The molecule has 0 aliphatic carbocycles. The van der Waals surface area contributed by atoms with Gasteiger partial charge in [-0.15, -0.1) is 0 Å². The lowest BCUT2D eigenvalue weighted by Crippen LogP contribution is -2.23. The zero-order valence-electron chi connectivity index (χ0n) is 7.96. The summed E-state index contributed by atoms with van der Waals surface area (Å²) in [7, 11) is 1.90. The molecule has 2 rings (SSSR count). The van der Waals surface area contributed by atoms with Gasteiger partial charge >= 0.3 is 0 Å². The van der Waals surface area contributed by atoms with E-state index < -0.39 is 0 Å². The molecule has 0 aromatic carbocycles. The zero-order chi connectivity index (χ0) is 11.0. The molecule has 1 aliphatic heterocycles. The minimum atomic E-state index is 0.0451. The maximum Gasteiger partial charge on any atom is 0.149 e. The molecule has 2 N–H and O–H groups in total. The van der Waals surface area contributed by atoms with E-state index in [1.54, 1.807) is 0 Å². The number of rotatable bonds is 1. The Bertz CT molecular complexity index is 436. The molecule has 80 valence electrons. The van der Waals surface area contributed by atoms with Crippen molar-refractivity contribution in [3.8, 4) is 5.75 Å². The van der Waals surface area contributed by atoms with Gasteiger partial charge < -0.3 is 10.1 Å². The second-order valence-electron chi connectivity index (χ2n) is 3.23. The third kappa shape index (κ3) is 2.09. The van der Waals surface area contributed by atoms with Crippen molar-refractivity contribution in [2.24, 2.45) is 0 Å². The Morgan fingerprint density at radius 1 is 1.67 bits per heavy atom. The van der Waals surface area contributed by atoms with Crippen LogP contribution in [-0.2, 0) is 0 Å². The summed E-state index contributed by atoms with van der Waals surface area (Å²) in [5.74, 6) is 0.0451. The van der Waals surface area contributed by atoms with Gasteiger partial charge in [0.05, 0.1) is 10.7 Å². The number of aromatic nitrogens is 1. The molecule has 1 aromatic rings. The molecule has 15 heavy (non-hydrogen) atoms. The Hall–Kier alpha value is -0.780. The van der Waals surface area contributed by atoms with Crippen molar-refractivity contribution in [3.05, 3.63) is 27.6 Å². The first-order valence-electron chi connectivity index (χ1n) is 4.30. The number of nitrogens with zero attached hydrogens (tertiary/aromatic N) is 2.